The van der Waals surface area contributed by atoms with E-state index in [4.69, 9.17) is 21.7 Å². The fourth-order valence-electron chi connectivity index (χ4n) is 4.08. The molecule has 0 spiro atoms. The molecule has 1 saturated carbocycles. The molecule has 0 radical (unpaired) electrons. The Hall–Kier alpha value is -2.68. The van der Waals surface area contributed by atoms with Crippen molar-refractivity contribution in [3.05, 3.63) is 29.8 Å². The number of hydrogen-bond acceptors (Lipinski definition) is 6. The Bertz CT molecular complexity index is 856. The van der Waals surface area contributed by atoms with E-state index in [1.54, 1.807) is 29.2 Å². The van der Waals surface area contributed by atoms with E-state index in [0.29, 0.717) is 31.0 Å². The van der Waals surface area contributed by atoms with Gasteiger partial charge in [-0.3, -0.25) is 19.7 Å². The van der Waals surface area contributed by atoms with Crippen molar-refractivity contribution < 1.29 is 23.9 Å². The first-order chi connectivity index (χ1) is 16.0. The number of hydrogen-bond donors (Lipinski definition) is 2. The lowest BCUT2D eigenvalue weighted by Crippen LogP contribution is -2.60. The summed E-state index contributed by atoms with van der Waals surface area (Å²) >= 11 is 5.47. The standard InChI is InChI=1S/C24H33N3O5S/c1-2-3-15-31-20-12-8-7-11-18(20)22(29)26-24(33)27-14-13-25-23(30)19(27)16-21(28)32-17-9-5-4-6-10-17/h7-8,11-12,17,19H,2-6,9-10,13-16H2,1H3,(H,25,30)(H,26,29,33). The number of unbranched alkanes of at least 4 members (excludes halogenated alkanes) is 1. The minimum Gasteiger partial charge on any atom is -0.493 e. The van der Waals surface area contributed by atoms with E-state index in [1.807, 2.05) is 0 Å². The van der Waals surface area contributed by atoms with Gasteiger partial charge in [-0.2, -0.15) is 0 Å². The molecule has 1 aromatic carbocycles. The van der Waals surface area contributed by atoms with Gasteiger partial charge in [-0.15, -0.1) is 0 Å². The number of amides is 2. The van der Waals surface area contributed by atoms with Crippen molar-refractivity contribution in [2.45, 2.75) is 70.4 Å². The first-order valence-electron chi connectivity index (χ1n) is 11.8. The van der Waals surface area contributed by atoms with E-state index in [-0.39, 0.29) is 23.5 Å². The average Bonchev–Trinajstić information content (AvgIpc) is 2.81. The molecule has 1 heterocycles. The third kappa shape index (κ3) is 7.15. The molecular weight excluding hydrogens is 442 g/mol. The van der Waals surface area contributed by atoms with E-state index < -0.39 is 17.9 Å². The van der Waals surface area contributed by atoms with Crippen molar-refractivity contribution in [1.29, 1.82) is 0 Å². The number of esters is 1. The van der Waals surface area contributed by atoms with Gasteiger partial charge in [-0.05, 0) is 56.5 Å². The number of thiocarbonyl (C=S) groups is 1. The summed E-state index contributed by atoms with van der Waals surface area (Å²) in [5.74, 6) is -0.656. The molecular formula is C24H33N3O5S. The molecule has 3 rings (SSSR count). The minimum absolute atomic E-state index is 0.0813. The fraction of sp³-hybridized carbons (Fsp3) is 0.583. The van der Waals surface area contributed by atoms with E-state index >= 15 is 0 Å². The van der Waals surface area contributed by atoms with Gasteiger partial charge in [-0.25, -0.2) is 0 Å². The number of nitrogens with one attached hydrogen (secondary N) is 2. The highest BCUT2D eigenvalue weighted by Gasteiger charge is 2.35. The van der Waals surface area contributed by atoms with Crippen molar-refractivity contribution in [2.24, 2.45) is 0 Å². The van der Waals surface area contributed by atoms with E-state index in [1.165, 1.54) is 0 Å². The van der Waals surface area contributed by atoms with Gasteiger partial charge in [0.25, 0.3) is 5.91 Å². The Morgan fingerprint density at radius 1 is 1.21 bits per heavy atom. The number of carbonyl (C=O) groups excluding carboxylic acids is 3. The van der Waals surface area contributed by atoms with Gasteiger partial charge >= 0.3 is 5.97 Å². The van der Waals surface area contributed by atoms with Crippen molar-refractivity contribution in [3.8, 4) is 5.75 Å². The van der Waals surface area contributed by atoms with Crippen LogP contribution in [0.15, 0.2) is 24.3 Å². The molecule has 0 bridgehead atoms. The maximum absolute atomic E-state index is 12.9. The summed E-state index contributed by atoms with van der Waals surface area (Å²) in [7, 11) is 0. The summed E-state index contributed by atoms with van der Waals surface area (Å²) in [6.45, 7) is 3.35. The molecule has 2 fully saturated rings. The highest BCUT2D eigenvalue weighted by Crippen LogP contribution is 2.22. The van der Waals surface area contributed by atoms with Gasteiger partial charge in [0, 0.05) is 13.1 Å². The normalized spacial score (nSPS) is 18.9. The first kappa shape index (κ1) is 25.0. The molecule has 1 aromatic rings. The molecule has 33 heavy (non-hydrogen) atoms. The fourth-order valence-corrected chi connectivity index (χ4v) is 4.39. The molecule has 1 saturated heterocycles. The van der Waals surface area contributed by atoms with Crippen LogP contribution in [0.2, 0.25) is 0 Å². The molecule has 1 atom stereocenters. The predicted molar refractivity (Wildman–Crippen MR) is 128 cm³/mol. The Kier molecular flexibility index (Phi) is 9.47. The molecule has 2 aliphatic rings. The van der Waals surface area contributed by atoms with Crippen LogP contribution in [0, 0.1) is 0 Å². The van der Waals surface area contributed by atoms with Crippen LogP contribution >= 0.6 is 12.2 Å². The van der Waals surface area contributed by atoms with Crippen LogP contribution in [0.3, 0.4) is 0 Å². The van der Waals surface area contributed by atoms with E-state index in [2.05, 4.69) is 17.6 Å². The minimum atomic E-state index is -0.821. The predicted octanol–water partition coefficient (Wildman–Crippen LogP) is 2.95. The highest BCUT2D eigenvalue weighted by molar-refractivity contribution is 7.80. The van der Waals surface area contributed by atoms with Crippen molar-refractivity contribution in [1.82, 2.24) is 15.5 Å². The first-order valence-corrected chi connectivity index (χ1v) is 12.2. The van der Waals surface area contributed by atoms with Gasteiger partial charge in [0.1, 0.15) is 17.9 Å². The third-order valence-corrected chi connectivity index (χ3v) is 6.25. The van der Waals surface area contributed by atoms with Crippen LogP contribution < -0.4 is 15.4 Å². The monoisotopic (exact) mass is 475 g/mol. The Labute approximate surface area is 200 Å². The van der Waals surface area contributed by atoms with Crippen molar-refractivity contribution in [3.63, 3.8) is 0 Å². The van der Waals surface area contributed by atoms with Crippen LogP contribution in [0.4, 0.5) is 0 Å². The van der Waals surface area contributed by atoms with Crippen LogP contribution in [0.1, 0.15) is 68.6 Å². The van der Waals surface area contributed by atoms with Crippen LogP contribution in [-0.2, 0) is 14.3 Å². The highest BCUT2D eigenvalue weighted by atomic mass is 32.1. The lowest BCUT2D eigenvalue weighted by atomic mass is 9.98. The van der Waals surface area contributed by atoms with Gasteiger partial charge < -0.3 is 19.7 Å². The summed E-state index contributed by atoms with van der Waals surface area (Å²) in [6, 6.07) is 6.15. The maximum Gasteiger partial charge on any atom is 0.308 e. The quantitative estimate of drug-likeness (QED) is 0.339. The third-order valence-electron chi connectivity index (χ3n) is 5.91. The molecule has 8 nitrogen and oxygen atoms in total. The zero-order valence-corrected chi connectivity index (χ0v) is 20.0. The molecule has 1 aliphatic heterocycles. The van der Waals surface area contributed by atoms with E-state index in [0.717, 1.165) is 44.9 Å². The van der Waals surface area contributed by atoms with Gasteiger partial charge in [0.2, 0.25) is 5.91 Å². The summed E-state index contributed by atoms with van der Waals surface area (Å²) in [5, 5.41) is 5.58. The number of carbonyl (C=O) groups is 3. The summed E-state index contributed by atoms with van der Waals surface area (Å²) < 4.78 is 11.3. The number of piperazine rings is 1. The number of nitrogens with zero attached hydrogens (tertiary/aromatic N) is 1. The largest absolute Gasteiger partial charge is 0.493 e. The Morgan fingerprint density at radius 3 is 2.73 bits per heavy atom. The SMILES string of the molecule is CCCCOc1ccccc1C(=O)NC(=S)N1CCNC(=O)C1CC(=O)OC1CCCCC1. The Balaban J connectivity index is 1.62. The van der Waals surface area contributed by atoms with Crippen molar-refractivity contribution >= 4 is 35.1 Å². The number of benzene rings is 1. The molecule has 1 unspecified atom stereocenters. The van der Waals surface area contributed by atoms with Gasteiger partial charge in [0.05, 0.1) is 18.6 Å². The molecule has 1 aliphatic carbocycles. The Morgan fingerprint density at radius 2 is 1.97 bits per heavy atom. The smallest absolute Gasteiger partial charge is 0.308 e. The second-order valence-corrected chi connectivity index (χ2v) is 8.80. The van der Waals surface area contributed by atoms with Gasteiger partial charge in [0.15, 0.2) is 5.11 Å². The zero-order valence-electron chi connectivity index (χ0n) is 19.1. The van der Waals surface area contributed by atoms with E-state index in [9.17, 15) is 14.4 Å². The lowest BCUT2D eigenvalue weighted by Gasteiger charge is -2.36. The number of para-hydroxylation sites is 1. The molecule has 2 amide bonds. The van der Waals surface area contributed by atoms with Crippen LogP contribution in [-0.4, -0.2) is 59.6 Å². The maximum atomic E-state index is 12.9. The summed E-state index contributed by atoms with van der Waals surface area (Å²) in [6.07, 6.45) is 6.66. The number of rotatable bonds is 8. The van der Waals surface area contributed by atoms with Crippen molar-refractivity contribution in [2.75, 3.05) is 19.7 Å². The zero-order chi connectivity index (χ0) is 23.6. The lowest BCUT2D eigenvalue weighted by molar-refractivity contribution is -0.153. The molecule has 180 valence electrons. The van der Waals surface area contributed by atoms with Gasteiger partial charge in [-0.1, -0.05) is 31.9 Å². The van der Waals surface area contributed by atoms with Crippen LogP contribution in [0.25, 0.3) is 0 Å². The second kappa shape index (κ2) is 12.5. The topological polar surface area (TPSA) is 97.0 Å². The summed E-state index contributed by atoms with van der Waals surface area (Å²) in [5.41, 5.74) is 0.366. The molecule has 9 heteroatoms. The molecule has 0 aromatic heterocycles. The summed E-state index contributed by atoms with van der Waals surface area (Å²) in [4.78, 5) is 39.6. The van der Waals surface area contributed by atoms with Crippen LogP contribution in [0.5, 0.6) is 5.75 Å². The second-order valence-electron chi connectivity index (χ2n) is 8.41. The average molecular weight is 476 g/mol. The molecule has 2 N–H and O–H groups in total. The number of ether oxygens (including phenoxy) is 2.